The lowest BCUT2D eigenvalue weighted by molar-refractivity contribution is 0.0175. The molecule has 4 rings (SSSR count). The number of imidazole rings is 1. The minimum atomic E-state index is -0.486. The number of aromatic amines is 1. The van der Waals surface area contributed by atoms with Crippen molar-refractivity contribution < 1.29 is 9.53 Å². The molecule has 6 heteroatoms. The molecule has 5 nitrogen and oxygen atoms in total. The summed E-state index contributed by atoms with van der Waals surface area (Å²) in [6.07, 6.45) is 3.65. The number of rotatable bonds is 2. The van der Waals surface area contributed by atoms with Crippen molar-refractivity contribution in [2.24, 2.45) is 5.92 Å². The summed E-state index contributed by atoms with van der Waals surface area (Å²) in [7, 11) is 0. The Bertz CT molecular complexity index is 794. The van der Waals surface area contributed by atoms with Crippen LogP contribution in [-0.4, -0.2) is 32.6 Å². The third-order valence-electron chi connectivity index (χ3n) is 4.78. The van der Waals surface area contributed by atoms with Gasteiger partial charge in [-0.3, -0.25) is 4.90 Å². The van der Waals surface area contributed by atoms with Gasteiger partial charge in [0, 0.05) is 10.5 Å². The molecule has 132 valence electrons. The number of nitrogens with zero attached hydrogens (tertiary/aromatic N) is 2. The van der Waals surface area contributed by atoms with Crippen molar-refractivity contribution in [3.63, 3.8) is 0 Å². The molecule has 0 radical (unpaired) electrons. The lowest BCUT2D eigenvalue weighted by Gasteiger charge is -2.29. The molecule has 1 amide bonds. The number of fused-ring (bicyclic) bond motifs is 1. The predicted molar refractivity (Wildman–Crippen MR) is 99.0 cm³/mol. The molecule has 1 aliphatic heterocycles. The molecule has 0 bridgehead atoms. The van der Waals surface area contributed by atoms with Gasteiger partial charge in [-0.1, -0.05) is 28.1 Å². The highest BCUT2D eigenvalue weighted by Crippen LogP contribution is 2.53. The number of aromatic nitrogens is 2. The highest BCUT2D eigenvalue weighted by molar-refractivity contribution is 9.10. The van der Waals surface area contributed by atoms with Crippen LogP contribution in [0.5, 0.6) is 0 Å². The Kier molecular flexibility index (Phi) is 3.90. The molecule has 1 aliphatic carbocycles. The molecule has 2 heterocycles. The van der Waals surface area contributed by atoms with Gasteiger partial charge in [0.1, 0.15) is 11.4 Å². The van der Waals surface area contributed by atoms with Gasteiger partial charge in [-0.05, 0) is 57.2 Å². The van der Waals surface area contributed by atoms with E-state index in [0.717, 1.165) is 34.4 Å². The molecule has 0 spiro atoms. The molecular formula is C19H22BrN3O2. The fourth-order valence-corrected chi connectivity index (χ4v) is 3.82. The smallest absolute Gasteiger partial charge is 0.411 e. The number of nitrogens with one attached hydrogen (secondary N) is 1. The molecule has 2 aliphatic rings. The van der Waals surface area contributed by atoms with E-state index in [2.05, 4.69) is 25.9 Å². The first-order valence-corrected chi connectivity index (χ1v) is 9.43. The number of piperidine rings is 1. The summed E-state index contributed by atoms with van der Waals surface area (Å²) in [5.74, 6) is 1.43. The second-order valence-electron chi connectivity index (χ2n) is 7.89. The molecule has 1 saturated heterocycles. The Morgan fingerprint density at radius 1 is 1.28 bits per heavy atom. The van der Waals surface area contributed by atoms with Crippen molar-refractivity contribution in [3.05, 3.63) is 40.8 Å². The van der Waals surface area contributed by atoms with Gasteiger partial charge >= 0.3 is 6.09 Å². The Morgan fingerprint density at radius 2 is 2.00 bits per heavy atom. The number of halogens is 1. The monoisotopic (exact) mass is 403 g/mol. The molecule has 1 unspecified atom stereocenters. The maximum Gasteiger partial charge on any atom is 0.411 e. The molecule has 1 aromatic carbocycles. The van der Waals surface area contributed by atoms with Crippen LogP contribution in [0.1, 0.15) is 45.5 Å². The van der Waals surface area contributed by atoms with Crippen LogP contribution >= 0.6 is 15.9 Å². The fraction of sp³-hybridized carbons (Fsp3) is 0.474. The number of benzene rings is 1. The Hall–Kier alpha value is -1.82. The van der Waals surface area contributed by atoms with Crippen LogP contribution in [0.2, 0.25) is 0 Å². The number of hydrogen-bond donors (Lipinski definition) is 1. The molecule has 2 fully saturated rings. The predicted octanol–water partition coefficient (Wildman–Crippen LogP) is 4.91. The topological polar surface area (TPSA) is 58.2 Å². The van der Waals surface area contributed by atoms with E-state index in [4.69, 9.17) is 4.74 Å². The number of amides is 1. The van der Waals surface area contributed by atoms with Crippen LogP contribution in [-0.2, 0) is 4.74 Å². The Morgan fingerprint density at radius 3 is 2.68 bits per heavy atom. The second-order valence-corrected chi connectivity index (χ2v) is 8.81. The lowest BCUT2D eigenvalue weighted by Crippen LogP contribution is -2.38. The van der Waals surface area contributed by atoms with Crippen LogP contribution in [0.15, 0.2) is 34.9 Å². The third-order valence-corrected chi connectivity index (χ3v) is 5.30. The first-order chi connectivity index (χ1) is 11.8. The van der Waals surface area contributed by atoms with E-state index < -0.39 is 5.60 Å². The zero-order chi connectivity index (χ0) is 17.8. The highest BCUT2D eigenvalue weighted by Gasteiger charge is 2.56. The second kappa shape index (κ2) is 5.87. The van der Waals surface area contributed by atoms with Crippen molar-refractivity contribution in [1.29, 1.82) is 0 Å². The number of likely N-dealkylation sites (tertiary alicyclic amines) is 1. The summed E-state index contributed by atoms with van der Waals surface area (Å²) in [4.78, 5) is 22.5. The van der Waals surface area contributed by atoms with E-state index in [1.165, 1.54) is 0 Å². The van der Waals surface area contributed by atoms with Crippen molar-refractivity contribution >= 4 is 22.0 Å². The van der Waals surface area contributed by atoms with Gasteiger partial charge in [0.05, 0.1) is 17.9 Å². The van der Waals surface area contributed by atoms with Crippen LogP contribution in [0.25, 0.3) is 11.3 Å². The molecule has 1 N–H and O–H groups in total. The van der Waals surface area contributed by atoms with E-state index in [0.29, 0.717) is 12.0 Å². The first kappa shape index (κ1) is 16.6. The number of hydrogen-bond acceptors (Lipinski definition) is 3. The number of ether oxygens (including phenoxy) is 1. The van der Waals surface area contributed by atoms with Gasteiger partial charge in [0.2, 0.25) is 0 Å². The highest BCUT2D eigenvalue weighted by atomic mass is 79.9. The van der Waals surface area contributed by atoms with Gasteiger partial charge in [-0.25, -0.2) is 9.78 Å². The number of carbonyl (C=O) groups is 1. The maximum absolute atomic E-state index is 12.7. The third kappa shape index (κ3) is 3.32. The average Bonchev–Trinajstić information content (AvgIpc) is 2.97. The SMILES string of the molecule is CC(C)(C)OC(=O)N1C(c2ncc(-c3ccc(Br)cc3)[nH]2)C[C@H]2C[C@H]21. The van der Waals surface area contributed by atoms with Gasteiger partial charge in [0.25, 0.3) is 0 Å². The molecule has 3 atom stereocenters. The fourth-order valence-electron chi connectivity index (χ4n) is 3.56. The van der Waals surface area contributed by atoms with Crippen molar-refractivity contribution in [2.75, 3.05) is 0 Å². The summed E-state index contributed by atoms with van der Waals surface area (Å²) in [5.41, 5.74) is 1.56. The van der Waals surface area contributed by atoms with Crippen LogP contribution in [0.3, 0.4) is 0 Å². The van der Waals surface area contributed by atoms with Gasteiger partial charge < -0.3 is 9.72 Å². The summed E-state index contributed by atoms with van der Waals surface area (Å²) in [6.45, 7) is 5.71. The van der Waals surface area contributed by atoms with Crippen molar-refractivity contribution in [2.45, 2.75) is 51.3 Å². The standard InChI is InChI=1S/C19H22BrN3O2/c1-19(2,3)25-18(24)23-15-8-12(15)9-16(23)17-21-10-14(22-17)11-4-6-13(20)7-5-11/h4-7,10,12,15-16H,8-9H2,1-3H3,(H,21,22)/t12-,15-,16?/m1/s1. The summed E-state index contributed by atoms with van der Waals surface area (Å²) < 4.78 is 6.66. The number of H-pyrrole nitrogens is 1. The summed E-state index contributed by atoms with van der Waals surface area (Å²) in [5, 5.41) is 0. The van der Waals surface area contributed by atoms with Crippen molar-refractivity contribution in [3.8, 4) is 11.3 Å². The van der Waals surface area contributed by atoms with Gasteiger partial charge in [0.15, 0.2) is 0 Å². The minimum absolute atomic E-state index is 0.0252. The molecule has 25 heavy (non-hydrogen) atoms. The molecule has 1 saturated carbocycles. The van der Waals surface area contributed by atoms with Crippen LogP contribution in [0.4, 0.5) is 4.79 Å². The molecule has 2 aromatic rings. The number of carbonyl (C=O) groups excluding carboxylic acids is 1. The normalized spacial score (nSPS) is 25.0. The molecule has 1 aromatic heterocycles. The summed E-state index contributed by atoms with van der Waals surface area (Å²) in [6, 6.07) is 8.38. The average molecular weight is 404 g/mol. The largest absolute Gasteiger partial charge is 0.444 e. The van der Waals surface area contributed by atoms with E-state index in [-0.39, 0.29) is 12.1 Å². The van der Waals surface area contributed by atoms with Crippen molar-refractivity contribution in [1.82, 2.24) is 14.9 Å². The van der Waals surface area contributed by atoms with Gasteiger partial charge in [-0.2, -0.15) is 0 Å². The van der Waals surface area contributed by atoms with E-state index in [1.54, 1.807) is 0 Å². The Labute approximate surface area is 155 Å². The lowest BCUT2D eigenvalue weighted by atomic mass is 10.1. The first-order valence-electron chi connectivity index (χ1n) is 8.64. The van der Waals surface area contributed by atoms with E-state index in [9.17, 15) is 4.79 Å². The van der Waals surface area contributed by atoms with Crippen LogP contribution < -0.4 is 0 Å². The molecular weight excluding hydrogens is 382 g/mol. The zero-order valence-electron chi connectivity index (χ0n) is 14.6. The zero-order valence-corrected chi connectivity index (χ0v) is 16.2. The minimum Gasteiger partial charge on any atom is -0.444 e. The van der Waals surface area contributed by atoms with E-state index in [1.807, 2.05) is 56.1 Å². The van der Waals surface area contributed by atoms with E-state index >= 15 is 0 Å². The Balaban J connectivity index is 1.57. The van der Waals surface area contributed by atoms with Gasteiger partial charge in [-0.15, -0.1) is 0 Å². The summed E-state index contributed by atoms with van der Waals surface area (Å²) >= 11 is 3.45. The quantitative estimate of drug-likeness (QED) is 0.774. The maximum atomic E-state index is 12.7. The van der Waals surface area contributed by atoms with Crippen LogP contribution in [0, 0.1) is 5.92 Å².